The Hall–Kier alpha value is -4.30. The lowest BCUT2D eigenvalue weighted by Crippen LogP contribution is -2.29. The number of piperidine rings is 1. The number of para-hydroxylation sites is 1. The molecule has 194 valence electrons. The number of nitrogens with one attached hydrogen (secondary N) is 2. The van der Waals surface area contributed by atoms with Crippen molar-refractivity contribution < 1.29 is 4.79 Å². The van der Waals surface area contributed by atoms with Gasteiger partial charge in [0.1, 0.15) is 0 Å². The Kier molecular flexibility index (Phi) is 7.89. The summed E-state index contributed by atoms with van der Waals surface area (Å²) in [7, 11) is 3.91. The van der Waals surface area contributed by atoms with Gasteiger partial charge in [-0.25, -0.2) is 9.97 Å². The minimum atomic E-state index is -0.179. The number of benzene rings is 2. The van der Waals surface area contributed by atoms with Crippen molar-refractivity contribution in [2.75, 3.05) is 49.3 Å². The summed E-state index contributed by atoms with van der Waals surface area (Å²) in [6.07, 6.45) is 10.7. The largest absolute Gasteiger partial charge is 0.372 e. The Morgan fingerprint density at radius 3 is 2.61 bits per heavy atom. The summed E-state index contributed by atoms with van der Waals surface area (Å²) in [5, 5.41) is 7.17. The van der Waals surface area contributed by atoms with Crippen LogP contribution in [-0.2, 0) is 4.79 Å². The maximum absolute atomic E-state index is 12.3. The van der Waals surface area contributed by atoms with Gasteiger partial charge in [-0.2, -0.15) is 0 Å². The third kappa shape index (κ3) is 6.33. The average molecular weight is 508 g/mol. The van der Waals surface area contributed by atoms with Gasteiger partial charge in [0.05, 0.1) is 11.2 Å². The van der Waals surface area contributed by atoms with Crippen molar-refractivity contribution >= 4 is 39.8 Å². The molecule has 2 aromatic carbocycles. The van der Waals surface area contributed by atoms with Crippen LogP contribution in [0.5, 0.6) is 0 Å². The first kappa shape index (κ1) is 25.4. The van der Waals surface area contributed by atoms with Crippen molar-refractivity contribution in [2.24, 2.45) is 0 Å². The molecule has 38 heavy (non-hydrogen) atoms. The van der Waals surface area contributed by atoms with Gasteiger partial charge < -0.3 is 20.4 Å². The normalized spacial score (nSPS) is 13.8. The van der Waals surface area contributed by atoms with Crippen molar-refractivity contribution in [1.82, 2.24) is 19.9 Å². The summed E-state index contributed by atoms with van der Waals surface area (Å²) in [6, 6.07) is 18.0. The highest BCUT2D eigenvalue weighted by atomic mass is 16.1. The van der Waals surface area contributed by atoms with E-state index < -0.39 is 0 Å². The highest BCUT2D eigenvalue weighted by Gasteiger charge is 2.12. The Balaban J connectivity index is 1.35. The van der Waals surface area contributed by atoms with E-state index in [1.54, 1.807) is 18.3 Å². The van der Waals surface area contributed by atoms with Crippen molar-refractivity contribution in [2.45, 2.75) is 19.3 Å². The summed E-state index contributed by atoms with van der Waals surface area (Å²) >= 11 is 0. The maximum atomic E-state index is 12.3. The van der Waals surface area contributed by atoms with E-state index in [0.29, 0.717) is 18.2 Å². The molecular weight excluding hydrogens is 474 g/mol. The fourth-order valence-electron chi connectivity index (χ4n) is 4.57. The third-order valence-corrected chi connectivity index (χ3v) is 6.50. The van der Waals surface area contributed by atoms with Gasteiger partial charge in [0, 0.05) is 66.1 Å². The molecule has 0 unspecified atom stereocenters. The van der Waals surface area contributed by atoms with Gasteiger partial charge in [-0.05, 0) is 69.8 Å². The Labute approximate surface area is 223 Å². The summed E-state index contributed by atoms with van der Waals surface area (Å²) in [5.41, 5.74) is 5.24. The number of amides is 1. The Morgan fingerprint density at radius 2 is 1.82 bits per heavy atom. The van der Waals surface area contributed by atoms with E-state index >= 15 is 0 Å². The first-order valence-corrected chi connectivity index (χ1v) is 13.0. The molecule has 1 aliphatic rings. The zero-order valence-electron chi connectivity index (χ0n) is 21.9. The fourth-order valence-corrected chi connectivity index (χ4v) is 4.57. The number of anilines is 4. The summed E-state index contributed by atoms with van der Waals surface area (Å²) in [4.78, 5) is 30.7. The molecule has 2 N–H and O–H groups in total. The summed E-state index contributed by atoms with van der Waals surface area (Å²) in [6.45, 7) is 2.94. The van der Waals surface area contributed by atoms with Crippen LogP contribution in [0.3, 0.4) is 0 Å². The maximum Gasteiger partial charge on any atom is 0.248 e. The van der Waals surface area contributed by atoms with Gasteiger partial charge in [0.15, 0.2) is 0 Å². The van der Waals surface area contributed by atoms with Crippen molar-refractivity contribution in [3.05, 3.63) is 79.1 Å². The summed E-state index contributed by atoms with van der Waals surface area (Å²) < 4.78 is 0. The van der Waals surface area contributed by atoms with Crippen LogP contribution < -0.4 is 15.5 Å². The predicted octanol–water partition coefficient (Wildman–Crippen LogP) is 5.48. The second kappa shape index (κ2) is 11.8. The number of nitrogens with zero attached hydrogens (tertiary/aromatic N) is 5. The molecule has 0 aliphatic carbocycles. The minimum Gasteiger partial charge on any atom is -0.372 e. The van der Waals surface area contributed by atoms with Crippen molar-refractivity contribution in [3.63, 3.8) is 0 Å². The van der Waals surface area contributed by atoms with Crippen LogP contribution in [0.2, 0.25) is 0 Å². The molecule has 1 fully saturated rings. The average Bonchev–Trinajstić information content (AvgIpc) is 2.93. The number of likely N-dealkylation sites (N-methyl/N-ethyl adjacent to an activating group) is 1. The first-order chi connectivity index (χ1) is 18.5. The number of fused-ring (bicyclic) bond motifs is 1. The lowest BCUT2D eigenvalue weighted by atomic mass is 10.1. The van der Waals surface area contributed by atoms with E-state index in [1.165, 1.54) is 24.9 Å². The highest BCUT2D eigenvalue weighted by Crippen LogP contribution is 2.29. The lowest BCUT2D eigenvalue weighted by Gasteiger charge is -2.28. The zero-order chi connectivity index (χ0) is 26.3. The van der Waals surface area contributed by atoms with Gasteiger partial charge in [-0.1, -0.05) is 24.3 Å². The molecule has 0 bridgehead atoms. The highest BCUT2D eigenvalue weighted by molar-refractivity contribution is 6.00. The van der Waals surface area contributed by atoms with Gasteiger partial charge in [0.2, 0.25) is 11.9 Å². The van der Waals surface area contributed by atoms with E-state index in [4.69, 9.17) is 4.98 Å². The third-order valence-electron chi connectivity index (χ3n) is 6.50. The molecule has 4 aromatic rings. The summed E-state index contributed by atoms with van der Waals surface area (Å²) in [5.74, 6) is 0.341. The number of aromatic nitrogens is 3. The van der Waals surface area contributed by atoms with Crippen LogP contribution in [0.15, 0.2) is 79.1 Å². The number of hydrogen-bond donors (Lipinski definition) is 2. The molecule has 2 aromatic heterocycles. The number of carbonyl (C=O) groups is 1. The molecule has 0 radical (unpaired) electrons. The van der Waals surface area contributed by atoms with Crippen molar-refractivity contribution in [3.8, 4) is 11.3 Å². The van der Waals surface area contributed by atoms with Crippen LogP contribution in [0.4, 0.5) is 23.0 Å². The number of carbonyl (C=O) groups excluding carboxylic acids is 1. The molecule has 5 rings (SSSR count). The van der Waals surface area contributed by atoms with Crippen LogP contribution >= 0.6 is 0 Å². The van der Waals surface area contributed by atoms with Crippen LogP contribution in [-0.4, -0.2) is 59.5 Å². The van der Waals surface area contributed by atoms with E-state index in [1.807, 2.05) is 55.5 Å². The zero-order valence-corrected chi connectivity index (χ0v) is 21.9. The Bertz CT molecular complexity index is 1430. The monoisotopic (exact) mass is 507 g/mol. The first-order valence-electron chi connectivity index (χ1n) is 13.0. The fraction of sp³-hybridized carbons (Fsp3) is 0.267. The molecule has 0 spiro atoms. The topological polar surface area (TPSA) is 86.3 Å². The number of hydrogen-bond acceptors (Lipinski definition) is 7. The molecule has 8 nitrogen and oxygen atoms in total. The number of pyridine rings is 1. The van der Waals surface area contributed by atoms with Gasteiger partial charge in [0.25, 0.3) is 0 Å². The van der Waals surface area contributed by atoms with Crippen LogP contribution in [0.1, 0.15) is 19.3 Å². The van der Waals surface area contributed by atoms with Crippen molar-refractivity contribution in [1.29, 1.82) is 0 Å². The van der Waals surface area contributed by atoms with E-state index in [0.717, 1.165) is 40.9 Å². The molecule has 1 amide bonds. The van der Waals surface area contributed by atoms with E-state index in [-0.39, 0.29) is 5.91 Å². The molecule has 1 saturated heterocycles. The molecule has 3 heterocycles. The molecule has 0 atom stereocenters. The van der Waals surface area contributed by atoms with Crippen LogP contribution in [0.25, 0.3) is 22.2 Å². The molecule has 8 heteroatoms. The second-order valence-electron chi connectivity index (χ2n) is 9.74. The lowest BCUT2D eigenvalue weighted by molar-refractivity contribution is -0.111. The SMILES string of the molecule is CN(C)CC=CC(=O)Nc1ccnc(-c2cccc3cnc(Nc4ccc(N5CCCCC5)cc4)nc23)c1. The Morgan fingerprint density at radius 1 is 1.00 bits per heavy atom. The molecule has 0 saturated carbocycles. The van der Waals surface area contributed by atoms with E-state index in [2.05, 4.69) is 49.8 Å². The van der Waals surface area contributed by atoms with E-state index in [9.17, 15) is 4.79 Å². The van der Waals surface area contributed by atoms with Gasteiger partial charge in [-0.15, -0.1) is 0 Å². The standard InChI is InChI=1S/C30H33N7O/c1-36(2)17-7-10-28(38)33-24-15-16-31-27(20-24)26-9-6-8-22-21-32-30(35-29(22)26)34-23-11-13-25(14-12-23)37-18-4-3-5-19-37/h6-16,20-21H,3-5,17-19H2,1-2H3,(H,31,33,38)(H,32,34,35). The molecular formula is C30H33N7O. The van der Waals surface area contributed by atoms with Gasteiger partial charge in [-0.3, -0.25) is 9.78 Å². The minimum absolute atomic E-state index is 0.179. The predicted molar refractivity (Wildman–Crippen MR) is 155 cm³/mol. The number of rotatable bonds is 8. The second-order valence-corrected chi connectivity index (χ2v) is 9.74. The van der Waals surface area contributed by atoms with Gasteiger partial charge >= 0.3 is 0 Å². The smallest absolute Gasteiger partial charge is 0.248 e. The quantitative estimate of drug-likeness (QED) is 0.305. The molecule has 1 aliphatic heterocycles. The van der Waals surface area contributed by atoms with Crippen LogP contribution in [0, 0.1) is 0 Å².